The van der Waals surface area contributed by atoms with Crippen molar-refractivity contribution in [2.75, 3.05) is 0 Å². The van der Waals surface area contributed by atoms with E-state index in [1.165, 1.54) is 18.2 Å². The van der Waals surface area contributed by atoms with Crippen molar-refractivity contribution in [1.29, 1.82) is 0 Å². The van der Waals surface area contributed by atoms with Gasteiger partial charge >= 0.3 is 6.18 Å². The molecule has 1 heterocycles. The lowest BCUT2D eigenvalue weighted by Gasteiger charge is -2.27. The number of nitrogens with one attached hydrogen (secondary N) is 2. The first-order valence-corrected chi connectivity index (χ1v) is 12.8. The van der Waals surface area contributed by atoms with Gasteiger partial charge in [0.15, 0.2) is 0 Å². The molecule has 208 valence electrons. The molecular formula is C30H28F3N3O4. The van der Waals surface area contributed by atoms with E-state index in [9.17, 15) is 32.3 Å². The van der Waals surface area contributed by atoms with Crippen LogP contribution in [0.1, 0.15) is 35.1 Å². The first kappa shape index (κ1) is 28.5. The van der Waals surface area contributed by atoms with Gasteiger partial charge in [0.1, 0.15) is 12.1 Å². The summed E-state index contributed by atoms with van der Waals surface area (Å²) in [4.78, 5) is 53.0. The Balaban J connectivity index is 1.51. The van der Waals surface area contributed by atoms with Crippen molar-refractivity contribution >= 4 is 23.5 Å². The molecular weight excluding hydrogens is 523 g/mol. The number of likely N-dealkylation sites (tertiary alicyclic amines) is 1. The number of hydrogen-bond donors (Lipinski definition) is 2. The lowest BCUT2D eigenvalue weighted by Crippen LogP contribution is -2.53. The Labute approximate surface area is 229 Å². The number of benzene rings is 3. The highest BCUT2D eigenvalue weighted by Gasteiger charge is 2.40. The molecule has 0 bridgehead atoms. The normalized spacial score (nSPS) is 15.9. The number of halogens is 3. The minimum atomic E-state index is -4.63. The number of hydrogen-bond acceptors (Lipinski definition) is 4. The van der Waals surface area contributed by atoms with Crippen LogP contribution in [-0.2, 0) is 44.9 Å². The van der Waals surface area contributed by atoms with Gasteiger partial charge in [-0.05, 0) is 29.2 Å². The van der Waals surface area contributed by atoms with Crippen molar-refractivity contribution in [3.05, 3.63) is 107 Å². The lowest BCUT2D eigenvalue weighted by molar-refractivity contribution is -0.142. The quantitative estimate of drug-likeness (QED) is 0.375. The fourth-order valence-electron chi connectivity index (χ4n) is 4.67. The van der Waals surface area contributed by atoms with E-state index in [0.717, 1.165) is 16.5 Å². The average Bonchev–Trinajstić information content (AvgIpc) is 3.31. The maximum atomic E-state index is 13.5. The van der Waals surface area contributed by atoms with Crippen LogP contribution in [0.3, 0.4) is 0 Å². The Morgan fingerprint density at radius 2 is 1.48 bits per heavy atom. The van der Waals surface area contributed by atoms with Gasteiger partial charge in [0, 0.05) is 25.9 Å². The van der Waals surface area contributed by atoms with Crippen LogP contribution in [0.5, 0.6) is 0 Å². The minimum absolute atomic E-state index is 0.0156. The smallest absolute Gasteiger partial charge is 0.345 e. The van der Waals surface area contributed by atoms with E-state index in [-0.39, 0.29) is 31.4 Å². The summed E-state index contributed by atoms with van der Waals surface area (Å²) in [5.41, 5.74) is 0.448. The number of nitrogens with zero attached hydrogens (tertiary/aromatic N) is 1. The predicted octanol–water partition coefficient (Wildman–Crippen LogP) is 3.81. The zero-order valence-electron chi connectivity index (χ0n) is 21.5. The number of Topliss-reactive ketones (excluding diaryl/α,β-unsaturated/α-hetero) is 1. The molecule has 1 aliphatic rings. The molecule has 0 radical (unpaired) electrons. The maximum Gasteiger partial charge on any atom is 0.416 e. The third-order valence-corrected chi connectivity index (χ3v) is 6.73. The van der Waals surface area contributed by atoms with Crippen LogP contribution in [0, 0.1) is 0 Å². The topological polar surface area (TPSA) is 95.6 Å². The van der Waals surface area contributed by atoms with E-state index < -0.39 is 53.9 Å². The number of rotatable bonds is 10. The zero-order chi connectivity index (χ0) is 28.7. The van der Waals surface area contributed by atoms with E-state index in [1.807, 2.05) is 6.07 Å². The van der Waals surface area contributed by atoms with Crippen LogP contribution in [0.25, 0.3) is 0 Å². The molecule has 2 N–H and O–H groups in total. The van der Waals surface area contributed by atoms with Gasteiger partial charge < -0.3 is 15.5 Å². The highest BCUT2D eigenvalue weighted by Crippen LogP contribution is 2.33. The van der Waals surface area contributed by atoms with Gasteiger partial charge in [-0.25, -0.2) is 0 Å². The highest BCUT2D eigenvalue weighted by atomic mass is 19.4. The van der Waals surface area contributed by atoms with Crippen LogP contribution in [-0.4, -0.2) is 40.5 Å². The van der Waals surface area contributed by atoms with Crippen LogP contribution in [0.2, 0.25) is 0 Å². The standard InChI is InChI=1S/C30H28F3N3O4/c31-30(32,33)23-14-8-7-13-22(23)19-36-25(15-16-26(36)37)28(39)35-24(17-20-9-3-1-4-10-20)27(38)29(40)34-18-21-11-5-2-6-12-21/h1-14,24-25H,15-19H2,(H,34,40)(H,35,39)/t24?,25-/m1/s1. The van der Waals surface area contributed by atoms with Crippen molar-refractivity contribution in [3.8, 4) is 0 Å². The first-order chi connectivity index (χ1) is 19.1. The fraction of sp³-hybridized carbons (Fsp3) is 0.267. The van der Waals surface area contributed by atoms with Crippen molar-refractivity contribution < 1.29 is 32.3 Å². The van der Waals surface area contributed by atoms with Gasteiger partial charge in [-0.15, -0.1) is 0 Å². The van der Waals surface area contributed by atoms with E-state index in [0.29, 0.717) is 5.56 Å². The van der Waals surface area contributed by atoms with Gasteiger partial charge in [0.25, 0.3) is 5.91 Å². The lowest BCUT2D eigenvalue weighted by atomic mass is 10.0. The number of carbonyl (C=O) groups is 4. The molecule has 0 saturated carbocycles. The summed E-state index contributed by atoms with van der Waals surface area (Å²) in [6, 6.07) is 20.3. The molecule has 40 heavy (non-hydrogen) atoms. The van der Waals surface area contributed by atoms with Crippen LogP contribution in [0.4, 0.5) is 13.2 Å². The number of ketones is 1. The Bertz CT molecular complexity index is 1360. The monoisotopic (exact) mass is 551 g/mol. The summed E-state index contributed by atoms with van der Waals surface area (Å²) in [6.07, 6.45) is -4.56. The Hall–Kier alpha value is -4.47. The number of carbonyl (C=O) groups excluding carboxylic acids is 4. The Kier molecular flexibility index (Phi) is 8.98. The minimum Gasteiger partial charge on any atom is -0.345 e. The van der Waals surface area contributed by atoms with E-state index >= 15 is 0 Å². The van der Waals surface area contributed by atoms with Gasteiger partial charge in [0.2, 0.25) is 17.6 Å². The molecule has 1 aliphatic heterocycles. The second-order valence-corrected chi connectivity index (χ2v) is 9.51. The molecule has 3 aromatic carbocycles. The summed E-state index contributed by atoms with van der Waals surface area (Å²) in [6.45, 7) is -0.303. The first-order valence-electron chi connectivity index (χ1n) is 12.8. The Morgan fingerprint density at radius 1 is 0.875 bits per heavy atom. The molecule has 0 spiro atoms. The summed E-state index contributed by atoms with van der Waals surface area (Å²) in [5, 5.41) is 5.17. The zero-order valence-corrected chi connectivity index (χ0v) is 21.5. The summed E-state index contributed by atoms with van der Waals surface area (Å²) in [7, 11) is 0. The van der Waals surface area contributed by atoms with Crippen LogP contribution in [0.15, 0.2) is 84.9 Å². The molecule has 0 aliphatic carbocycles. The molecule has 1 fully saturated rings. The average molecular weight is 552 g/mol. The van der Waals surface area contributed by atoms with E-state index in [2.05, 4.69) is 10.6 Å². The SMILES string of the molecule is O=C(NCc1ccccc1)C(=O)C(Cc1ccccc1)NC(=O)[C@H]1CCC(=O)N1Cc1ccccc1C(F)(F)F. The molecule has 0 aromatic heterocycles. The summed E-state index contributed by atoms with van der Waals surface area (Å²) in [5.74, 6) is -2.93. The summed E-state index contributed by atoms with van der Waals surface area (Å²) >= 11 is 0. The fourth-order valence-corrected chi connectivity index (χ4v) is 4.67. The van der Waals surface area contributed by atoms with Crippen molar-refractivity contribution in [2.45, 2.75) is 50.6 Å². The molecule has 1 saturated heterocycles. The van der Waals surface area contributed by atoms with Crippen molar-refractivity contribution in [3.63, 3.8) is 0 Å². The number of alkyl halides is 3. The molecule has 3 amide bonds. The molecule has 3 aromatic rings. The third kappa shape index (κ3) is 7.13. The molecule has 10 heteroatoms. The molecule has 2 atom stereocenters. The maximum absolute atomic E-state index is 13.5. The number of amides is 3. The van der Waals surface area contributed by atoms with Crippen molar-refractivity contribution in [2.24, 2.45) is 0 Å². The second kappa shape index (κ2) is 12.6. The molecule has 7 nitrogen and oxygen atoms in total. The molecule has 4 rings (SSSR count). The van der Waals surface area contributed by atoms with Gasteiger partial charge in [-0.2, -0.15) is 13.2 Å². The third-order valence-electron chi connectivity index (χ3n) is 6.73. The second-order valence-electron chi connectivity index (χ2n) is 9.51. The van der Waals surface area contributed by atoms with Gasteiger partial charge in [0.05, 0.1) is 5.56 Å². The van der Waals surface area contributed by atoms with Crippen LogP contribution < -0.4 is 10.6 Å². The largest absolute Gasteiger partial charge is 0.416 e. The Morgan fingerprint density at radius 3 is 2.12 bits per heavy atom. The van der Waals surface area contributed by atoms with Crippen molar-refractivity contribution in [1.82, 2.24) is 15.5 Å². The predicted molar refractivity (Wildman–Crippen MR) is 140 cm³/mol. The molecule has 1 unspecified atom stereocenters. The summed E-state index contributed by atoms with van der Waals surface area (Å²) < 4.78 is 40.6. The highest BCUT2D eigenvalue weighted by molar-refractivity contribution is 6.38. The van der Waals surface area contributed by atoms with Gasteiger partial charge in [-0.1, -0.05) is 78.9 Å². The van der Waals surface area contributed by atoms with E-state index in [4.69, 9.17) is 0 Å². The van der Waals surface area contributed by atoms with Crippen LogP contribution >= 0.6 is 0 Å². The van der Waals surface area contributed by atoms with Gasteiger partial charge in [-0.3, -0.25) is 19.2 Å². The van der Waals surface area contributed by atoms with E-state index in [1.54, 1.807) is 54.6 Å².